The first kappa shape index (κ1) is 12.8. The first-order valence-corrected chi connectivity index (χ1v) is 6.32. The Morgan fingerprint density at radius 3 is 2.94 bits per heavy atom. The molecule has 0 amide bonds. The molecule has 1 heterocycles. The Morgan fingerprint density at radius 2 is 2.17 bits per heavy atom. The molecule has 94 valence electrons. The van der Waals surface area contributed by atoms with Gasteiger partial charge in [0.25, 0.3) is 0 Å². The second-order valence-corrected chi connectivity index (χ2v) is 4.42. The molecule has 0 aliphatic carbocycles. The molecule has 1 N–H and O–H groups in total. The Bertz CT molecular complexity index is 548. The van der Waals surface area contributed by atoms with Crippen molar-refractivity contribution in [3.05, 3.63) is 46.7 Å². The van der Waals surface area contributed by atoms with Crippen LogP contribution in [0, 0.1) is 5.82 Å². The highest BCUT2D eigenvalue weighted by Gasteiger charge is 2.05. The van der Waals surface area contributed by atoms with E-state index >= 15 is 0 Å². The maximum atomic E-state index is 13.1. The van der Waals surface area contributed by atoms with Crippen molar-refractivity contribution < 1.29 is 9.13 Å². The Labute approximate surface area is 113 Å². The van der Waals surface area contributed by atoms with Gasteiger partial charge in [0.2, 0.25) is 5.88 Å². The smallest absolute Gasteiger partial charge is 0.221 e. The molecule has 0 saturated carbocycles. The van der Waals surface area contributed by atoms with Crippen molar-refractivity contribution in [2.75, 3.05) is 11.9 Å². The number of nitrogens with zero attached hydrogens (tertiary/aromatic N) is 1. The van der Waals surface area contributed by atoms with Crippen molar-refractivity contribution in [1.29, 1.82) is 0 Å². The molecular weight excluding hydrogens is 299 g/mol. The summed E-state index contributed by atoms with van der Waals surface area (Å²) >= 11 is 3.30. The van der Waals surface area contributed by atoms with Crippen LogP contribution in [0.5, 0.6) is 11.6 Å². The van der Waals surface area contributed by atoms with Gasteiger partial charge in [0.05, 0.1) is 4.47 Å². The lowest BCUT2D eigenvalue weighted by Crippen LogP contribution is -1.99. The quantitative estimate of drug-likeness (QED) is 0.918. The van der Waals surface area contributed by atoms with E-state index in [0.29, 0.717) is 16.1 Å². The molecule has 0 saturated heterocycles. The average Bonchev–Trinajstić information content (AvgIpc) is 2.35. The molecule has 0 spiro atoms. The molecule has 3 nitrogen and oxygen atoms in total. The third-order valence-corrected chi connectivity index (χ3v) is 2.84. The van der Waals surface area contributed by atoms with Crippen LogP contribution in [0.2, 0.25) is 0 Å². The molecule has 0 unspecified atom stereocenters. The summed E-state index contributed by atoms with van der Waals surface area (Å²) in [5.41, 5.74) is 0. The van der Waals surface area contributed by atoms with Crippen LogP contribution in [-0.4, -0.2) is 11.5 Å². The molecule has 2 aromatic rings. The minimum atomic E-state index is -0.351. The van der Waals surface area contributed by atoms with E-state index in [4.69, 9.17) is 4.74 Å². The molecule has 1 aromatic carbocycles. The summed E-state index contributed by atoms with van der Waals surface area (Å²) in [5.74, 6) is 1.19. The second kappa shape index (κ2) is 5.82. The first-order chi connectivity index (χ1) is 8.69. The van der Waals surface area contributed by atoms with Crippen molar-refractivity contribution in [2.45, 2.75) is 6.92 Å². The zero-order chi connectivity index (χ0) is 13.0. The third kappa shape index (κ3) is 3.20. The minimum absolute atomic E-state index is 0.351. The molecule has 1 aromatic heterocycles. The van der Waals surface area contributed by atoms with Crippen LogP contribution in [0.15, 0.2) is 40.9 Å². The molecule has 18 heavy (non-hydrogen) atoms. The average molecular weight is 311 g/mol. The largest absolute Gasteiger partial charge is 0.438 e. The van der Waals surface area contributed by atoms with E-state index in [0.717, 1.165) is 12.4 Å². The van der Waals surface area contributed by atoms with Gasteiger partial charge in [-0.3, -0.25) is 0 Å². The highest BCUT2D eigenvalue weighted by molar-refractivity contribution is 9.10. The van der Waals surface area contributed by atoms with Gasteiger partial charge in [-0.25, -0.2) is 4.39 Å². The Hall–Kier alpha value is -1.62. The summed E-state index contributed by atoms with van der Waals surface area (Å²) in [6, 6.07) is 9.66. The Balaban J connectivity index is 2.22. The fraction of sp³-hybridized carbons (Fsp3) is 0.154. The number of hydrogen-bond donors (Lipinski definition) is 1. The number of halogens is 2. The van der Waals surface area contributed by atoms with E-state index in [1.54, 1.807) is 12.1 Å². The Morgan fingerprint density at radius 1 is 1.33 bits per heavy atom. The SMILES string of the molecule is CCNc1cccc(Oc2cc(F)ccc2Br)n1. The highest BCUT2D eigenvalue weighted by atomic mass is 79.9. The molecule has 0 fully saturated rings. The predicted octanol–water partition coefficient (Wildman–Crippen LogP) is 4.21. The van der Waals surface area contributed by atoms with Gasteiger partial charge in [-0.05, 0) is 41.1 Å². The fourth-order valence-corrected chi connectivity index (χ4v) is 1.75. The lowest BCUT2D eigenvalue weighted by Gasteiger charge is -2.08. The number of anilines is 1. The van der Waals surface area contributed by atoms with Crippen LogP contribution in [0.1, 0.15) is 6.92 Å². The lowest BCUT2D eigenvalue weighted by molar-refractivity contribution is 0.456. The predicted molar refractivity (Wildman–Crippen MR) is 72.6 cm³/mol. The summed E-state index contributed by atoms with van der Waals surface area (Å²) in [7, 11) is 0. The first-order valence-electron chi connectivity index (χ1n) is 5.53. The fourth-order valence-electron chi connectivity index (χ4n) is 1.42. The van der Waals surface area contributed by atoms with Crippen molar-refractivity contribution in [3.8, 4) is 11.6 Å². The minimum Gasteiger partial charge on any atom is -0.438 e. The second-order valence-electron chi connectivity index (χ2n) is 3.57. The monoisotopic (exact) mass is 310 g/mol. The summed E-state index contributed by atoms with van der Waals surface area (Å²) in [5, 5.41) is 3.08. The summed E-state index contributed by atoms with van der Waals surface area (Å²) in [6.45, 7) is 2.76. The van der Waals surface area contributed by atoms with Crippen LogP contribution in [0.3, 0.4) is 0 Å². The zero-order valence-electron chi connectivity index (χ0n) is 9.78. The van der Waals surface area contributed by atoms with Crippen molar-refractivity contribution in [1.82, 2.24) is 4.98 Å². The third-order valence-electron chi connectivity index (χ3n) is 2.19. The Kier molecular flexibility index (Phi) is 4.15. The summed E-state index contributed by atoms with van der Waals surface area (Å²) in [4.78, 5) is 4.25. The summed E-state index contributed by atoms with van der Waals surface area (Å²) in [6.07, 6.45) is 0. The molecule has 0 aliphatic rings. The van der Waals surface area contributed by atoms with Crippen LogP contribution in [0.25, 0.3) is 0 Å². The van der Waals surface area contributed by atoms with Crippen molar-refractivity contribution in [3.63, 3.8) is 0 Å². The van der Waals surface area contributed by atoms with Gasteiger partial charge in [0.15, 0.2) is 0 Å². The number of ether oxygens (including phenoxy) is 1. The molecular formula is C13H12BrFN2O. The van der Waals surface area contributed by atoms with Crippen LogP contribution >= 0.6 is 15.9 Å². The zero-order valence-corrected chi connectivity index (χ0v) is 11.4. The van der Waals surface area contributed by atoms with Crippen LogP contribution < -0.4 is 10.1 Å². The van der Waals surface area contributed by atoms with Gasteiger partial charge in [-0.2, -0.15) is 4.98 Å². The summed E-state index contributed by atoms with van der Waals surface area (Å²) < 4.78 is 19.3. The number of aromatic nitrogens is 1. The van der Waals surface area contributed by atoms with E-state index in [1.165, 1.54) is 12.1 Å². The van der Waals surface area contributed by atoms with Gasteiger partial charge in [-0.1, -0.05) is 6.07 Å². The molecule has 0 atom stereocenters. The number of benzene rings is 1. The van der Waals surface area contributed by atoms with Crippen LogP contribution in [0.4, 0.5) is 10.2 Å². The van der Waals surface area contributed by atoms with Gasteiger partial charge >= 0.3 is 0 Å². The van der Waals surface area contributed by atoms with E-state index in [-0.39, 0.29) is 5.82 Å². The molecule has 0 bridgehead atoms. The molecule has 5 heteroatoms. The van der Waals surface area contributed by atoms with Gasteiger partial charge in [0.1, 0.15) is 17.4 Å². The maximum Gasteiger partial charge on any atom is 0.221 e. The van der Waals surface area contributed by atoms with E-state index in [1.807, 2.05) is 19.1 Å². The van der Waals surface area contributed by atoms with Crippen molar-refractivity contribution in [2.24, 2.45) is 0 Å². The van der Waals surface area contributed by atoms with Crippen LogP contribution in [-0.2, 0) is 0 Å². The molecule has 0 radical (unpaired) electrons. The lowest BCUT2D eigenvalue weighted by atomic mass is 10.3. The van der Waals surface area contributed by atoms with E-state index < -0.39 is 0 Å². The van der Waals surface area contributed by atoms with Gasteiger partial charge in [-0.15, -0.1) is 0 Å². The van der Waals surface area contributed by atoms with E-state index in [2.05, 4.69) is 26.2 Å². The van der Waals surface area contributed by atoms with Gasteiger partial charge in [0, 0.05) is 18.7 Å². The number of hydrogen-bond acceptors (Lipinski definition) is 3. The highest BCUT2D eigenvalue weighted by Crippen LogP contribution is 2.29. The topological polar surface area (TPSA) is 34.1 Å². The molecule has 0 aliphatic heterocycles. The number of rotatable bonds is 4. The number of nitrogens with one attached hydrogen (secondary N) is 1. The van der Waals surface area contributed by atoms with Gasteiger partial charge < -0.3 is 10.1 Å². The number of pyridine rings is 1. The molecule has 2 rings (SSSR count). The normalized spacial score (nSPS) is 10.2. The standard InChI is InChI=1S/C13H12BrFN2O/c1-2-16-12-4-3-5-13(17-12)18-11-8-9(15)6-7-10(11)14/h3-8H,2H2,1H3,(H,16,17). The van der Waals surface area contributed by atoms with Crippen molar-refractivity contribution >= 4 is 21.7 Å². The maximum absolute atomic E-state index is 13.1. The van der Waals surface area contributed by atoms with E-state index in [9.17, 15) is 4.39 Å².